The number of halogens is 2. The number of benzene rings is 2. The SMILES string of the molecule is O=C(CCSc1nnc(-c2ccccc2F)n1C1CC1)Nc1ccc(F)cc1. The summed E-state index contributed by atoms with van der Waals surface area (Å²) in [5.74, 6) is 0.199. The highest BCUT2D eigenvalue weighted by Gasteiger charge is 2.30. The number of thioether (sulfide) groups is 1. The van der Waals surface area contributed by atoms with E-state index in [0.29, 0.717) is 28.0 Å². The molecule has 1 N–H and O–H groups in total. The zero-order valence-electron chi connectivity index (χ0n) is 14.9. The zero-order chi connectivity index (χ0) is 19.5. The molecular formula is C20H18F2N4OS. The van der Waals surface area contributed by atoms with Crippen molar-refractivity contribution in [3.05, 3.63) is 60.2 Å². The second-order valence-electron chi connectivity index (χ2n) is 6.54. The van der Waals surface area contributed by atoms with Crippen LogP contribution in [0.4, 0.5) is 14.5 Å². The number of carbonyl (C=O) groups excluding carboxylic acids is 1. The molecule has 4 rings (SSSR count). The van der Waals surface area contributed by atoms with Gasteiger partial charge < -0.3 is 5.32 Å². The summed E-state index contributed by atoms with van der Waals surface area (Å²) in [5.41, 5.74) is 0.988. The van der Waals surface area contributed by atoms with Crippen LogP contribution in [0.5, 0.6) is 0 Å². The highest BCUT2D eigenvalue weighted by atomic mass is 32.2. The lowest BCUT2D eigenvalue weighted by Gasteiger charge is -2.09. The van der Waals surface area contributed by atoms with Crippen molar-refractivity contribution in [1.29, 1.82) is 0 Å². The van der Waals surface area contributed by atoms with Crippen molar-refractivity contribution < 1.29 is 13.6 Å². The molecule has 144 valence electrons. The predicted octanol–water partition coefficient (Wildman–Crippen LogP) is 4.68. The van der Waals surface area contributed by atoms with Crippen LogP contribution in [0.25, 0.3) is 11.4 Å². The number of amides is 1. The van der Waals surface area contributed by atoms with Crippen molar-refractivity contribution in [2.75, 3.05) is 11.1 Å². The Hall–Kier alpha value is -2.74. The first kappa shape index (κ1) is 18.6. The van der Waals surface area contributed by atoms with E-state index in [9.17, 15) is 13.6 Å². The van der Waals surface area contributed by atoms with E-state index >= 15 is 0 Å². The standard InChI is InChI=1S/C20H18F2N4OS/c21-13-5-7-14(8-6-13)23-18(27)11-12-28-20-25-24-19(26(20)15-9-10-15)16-3-1-2-4-17(16)22/h1-8,15H,9-12H2,(H,23,27). The molecule has 0 radical (unpaired) electrons. The molecule has 8 heteroatoms. The lowest BCUT2D eigenvalue weighted by atomic mass is 10.2. The maximum atomic E-state index is 14.2. The Labute approximate surface area is 165 Å². The molecule has 3 aromatic rings. The fourth-order valence-electron chi connectivity index (χ4n) is 2.86. The van der Waals surface area contributed by atoms with Crippen LogP contribution in [0.1, 0.15) is 25.3 Å². The summed E-state index contributed by atoms with van der Waals surface area (Å²) in [6.45, 7) is 0. The first-order valence-corrected chi connectivity index (χ1v) is 9.98. The molecule has 0 spiro atoms. The van der Waals surface area contributed by atoms with Gasteiger partial charge in [0.1, 0.15) is 11.6 Å². The number of rotatable bonds is 7. The average Bonchev–Trinajstić information content (AvgIpc) is 3.44. The number of aromatic nitrogens is 3. The Balaban J connectivity index is 1.41. The largest absolute Gasteiger partial charge is 0.326 e. The molecule has 1 aliphatic rings. The summed E-state index contributed by atoms with van der Waals surface area (Å²) in [6, 6.07) is 12.4. The van der Waals surface area contributed by atoms with Crippen molar-refractivity contribution in [1.82, 2.24) is 14.8 Å². The molecule has 0 saturated heterocycles. The highest BCUT2D eigenvalue weighted by molar-refractivity contribution is 7.99. The third-order valence-electron chi connectivity index (χ3n) is 4.38. The van der Waals surface area contributed by atoms with Crippen molar-refractivity contribution in [2.24, 2.45) is 0 Å². The minimum absolute atomic E-state index is 0.161. The Kier molecular flexibility index (Phi) is 5.38. The lowest BCUT2D eigenvalue weighted by molar-refractivity contribution is -0.115. The van der Waals surface area contributed by atoms with Crippen LogP contribution in [-0.2, 0) is 4.79 Å². The quantitative estimate of drug-likeness (QED) is 0.585. The summed E-state index contributed by atoms with van der Waals surface area (Å²) in [6.07, 6.45) is 2.30. The molecular weight excluding hydrogens is 382 g/mol. The zero-order valence-corrected chi connectivity index (χ0v) is 15.8. The van der Waals surface area contributed by atoms with Gasteiger partial charge in [-0.1, -0.05) is 23.9 Å². The maximum Gasteiger partial charge on any atom is 0.225 e. The molecule has 2 aromatic carbocycles. The topological polar surface area (TPSA) is 59.8 Å². The third-order valence-corrected chi connectivity index (χ3v) is 5.32. The molecule has 1 aromatic heterocycles. The van der Waals surface area contributed by atoms with Crippen molar-refractivity contribution >= 4 is 23.4 Å². The van der Waals surface area contributed by atoms with Gasteiger partial charge in [0.2, 0.25) is 5.91 Å². The molecule has 0 unspecified atom stereocenters. The second-order valence-corrected chi connectivity index (χ2v) is 7.60. The van der Waals surface area contributed by atoms with E-state index < -0.39 is 0 Å². The van der Waals surface area contributed by atoms with Gasteiger partial charge in [0, 0.05) is 23.9 Å². The van der Waals surface area contributed by atoms with Crippen LogP contribution in [0.2, 0.25) is 0 Å². The van der Waals surface area contributed by atoms with Crippen LogP contribution in [-0.4, -0.2) is 26.4 Å². The normalized spacial score (nSPS) is 13.5. The molecule has 1 saturated carbocycles. The fraction of sp³-hybridized carbons (Fsp3) is 0.250. The lowest BCUT2D eigenvalue weighted by Crippen LogP contribution is -2.12. The maximum absolute atomic E-state index is 14.2. The van der Waals surface area contributed by atoms with Crippen LogP contribution >= 0.6 is 11.8 Å². The van der Waals surface area contributed by atoms with Crippen LogP contribution in [0, 0.1) is 11.6 Å². The number of hydrogen-bond acceptors (Lipinski definition) is 4. The number of anilines is 1. The summed E-state index contributed by atoms with van der Waals surface area (Å²) < 4.78 is 29.1. The molecule has 1 aliphatic carbocycles. The van der Waals surface area contributed by atoms with E-state index in [1.807, 2.05) is 4.57 Å². The van der Waals surface area contributed by atoms with Gasteiger partial charge in [-0.15, -0.1) is 10.2 Å². The second kappa shape index (κ2) is 8.10. The molecule has 1 amide bonds. The fourth-order valence-corrected chi connectivity index (χ4v) is 3.80. The highest BCUT2D eigenvalue weighted by Crippen LogP contribution is 2.41. The van der Waals surface area contributed by atoms with E-state index in [0.717, 1.165) is 12.8 Å². The number of nitrogens with one attached hydrogen (secondary N) is 1. The van der Waals surface area contributed by atoms with Crippen molar-refractivity contribution in [2.45, 2.75) is 30.5 Å². The van der Waals surface area contributed by atoms with Gasteiger partial charge in [0.15, 0.2) is 11.0 Å². The molecule has 0 atom stereocenters. The molecule has 28 heavy (non-hydrogen) atoms. The Morgan fingerprint density at radius 2 is 1.86 bits per heavy atom. The number of carbonyl (C=O) groups is 1. The van der Waals surface area contributed by atoms with Crippen LogP contribution in [0.3, 0.4) is 0 Å². The predicted molar refractivity (Wildman–Crippen MR) is 104 cm³/mol. The summed E-state index contributed by atoms with van der Waals surface area (Å²) in [4.78, 5) is 12.1. The summed E-state index contributed by atoms with van der Waals surface area (Å²) in [5, 5.41) is 11.8. The van der Waals surface area contributed by atoms with Gasteiger partial charge in [0.25, 0.3) is 0 Å². The van der Waals surface area contributed by atoms with E-state index in [1.54, 1.807) is 18.2 Å². The van der Waals surface area contributed by atoms with E-state index in [4.69, 9.17) is 0 Å². The average molecular weight is 400 g/mol. The van der Waals surface area contributed by atoms with E-state index in [1.165, 1.54) is 42.1 Å². The third kappa shape index (κ3) is 4.22. The first-order chi connectivity index (χ1) is 13.6. The first-order valence-electron chi connectivity index (χ1n) is 9.00. The Morgan fingerprint density at radius 3 is 2.57 bits per heavy atom. The monoisotopic (exact) mass is 400 g/mol. The van der Waals surface area contributed by atoms with Gasteiger partial charge in [-0.25, -0.2) is 8.78 Å². The number of hydrogen-bond donors (Lipinski definition) is 1. The molecule has 1 heterocycles. The van der Waals surface area contributed by atoms with Gasteiger partial charge in [-0.3, -0.25) is 9.36 Å². The molecule has 5 nitrogen and oxygen atoms in total. The summed E-state index contributed by atoms with van der Waals surface area (Å²) >= 11 is 1.42. The molecule has 0 aliphatic heterocycles. The van der Waals surface area contributed by atoms with Crippen molar-refractivity contribution in [3.8, 4) is 11.4 Å². The van der Waals surface area contributed by atoms with E-state index in [-0.39, 0.29) is 30.0 Å². The minimum atomic E-state index is -0.348. The van der Waals surface area contributed by atoms with Gasteiger partial charge in [-0.05, 0) is 49.2 Å². The van der Waals surface area contributed by atoms with Gasteiger partial charge >= 0.3 is 0 Å². The smallest absolute Gasteiger partial charge is 0.225 e. The van der Waals surface area contributed by atoms with Crippen LogP contribution in [0.15, 0.2) is 53.7 Å². The summed E-state index contributed by atoms with van der Waals surface area (Å²) in [7, 11) is 0. The van der Waals surface area contributed by atoms with E-state index in [2.05, 4.69) is 15.5 Å². The van der Waals surface area contributed by atoms with Crippen LogP contribution < -0.4 is 5.32 Å². The Morgan fingerprint density at radius 1 is 1.11 bits per heavy atom. The van der Waals surface area contributed by atoms with Gasteiger partial charge in [-0.2, -0.15) is 0 Å². The van der Waals surface area contributed by atoms with Gasteiger partial charge in [0.05, 0.1) is 5.56 Å². The number of nitrogens with zero attached hydrogens (tertiary/aromatic N) is 3. The molecule has 1 fully saturated rings. The molecule has 0 bridgehead atoms. The Bertz CT molecular complexity index is 986. The minimum Gasteiger partial charge on any atom is -0.326 e. The van der Waals surface area contributed by atoms with Crippen molar-refractivity contribution in [3.63, 3.8) is 0 Å².